The summed E-state index contributed by atoms with van der Waals surface area (Å²) in [5.74, 6) is 2.41. The van der Waals surface area contributed by atoms with E-state index >= 15 is 0 Å². The van der Waals surface area contributed by atoms with Crippen molar-refractivity contribution < 1.29 is 5.11 Å². The predicted octanol–water partition coefficient (Wildman–Crippen LogP) is 1.24. The predicted molar refractivity (Wildman–Crippen MR) is 48.5 cm³/mol. The topological polar surface area (TPSA) is 23.1 Å². The summed E-state index contributed by atoms with van der Waals surface area (Å²) in [5.41, 5.74) is 0. The second-order valence-electron chi connectivity index (χ2n) is 2.88. The van der Waals surface area contributed by atoms with Crippen LogP contribution in [0.4, 0.5) is 0 Å². The van der Waals surface area contributed by atoms with Gasteiger partial charge in [0.15, 0.2) is 0 Å². The molecule has 1 atom stereocenters. The van der Waals surface area contributed by atoms with Crippen LogP contribution in [0.25, 0.3) is 0 Å². The molecule has 1 aliphatic heterocycles. The summed E-state index contributed by atoms with van der Waals surface area (Å²) < 4.78 is 0. The third-order valence-corrected chi connectivity index (χ3v) is 3.17. The van der Waals surface area contributed by atoms with Gasteiger partial charge in [-0.05, 0) is 6.42 Å². The molecular weight excluding hydrogens is 158 g/mol. The molecule has 1 aliphatic rings. The Morgan fingerprint density at radius 2 is 2.09 bits per heavy atom. The second-order valence-corrected chi connectivity index (χ2v) is 4.10. The zero-order valence-electron chi connectivity index (χ0n) is 7.08. The molecule has 0 saturated carbocycles. The standard InChI is InChI=1S/C8H16NOS/c1-2-8(7-10)9-3-5-11-6-4-9/h8H,2-7H2,1H3. The molecule has 0 bridgehead atoms. The Kier molecular flexibility index (Phi) is 4.26. The summed E-state index contributed by atoms with van der Waals surface area (Å²) in [5, 5.41) is 10.7. The first-order valence-electron chi connectivity index (χ1n) is 4.28. The van der Waals surface area contributed by atoms with E-state index in [1.165, 1.54) is 11.5 Å². The second kappa shape index (κ2) is 5.01. The Balaban J connectivity index is 2.30. The van der Waals surface area contributed by atoms with Crippen molar-refractivity contribution in [3.05, 3.63) is 0 Å². The largest absolute Gasteiger partial charge is 0.296 e. The van der Waals surface area contributed by atoms with E-state index in [0.29, 0.717) is 6.04 Å². The Bertz CT molecular complexity index is 100. The lowest BCUT2D eigenvalue weighted by molar-refractivity contribution is 0.0854. The summed E-state index contributed by atoms with van der Waals surface area (Å²) in [7, 11) is 0. The van der Waals surface area contributed by atoms with Crippen LogP contribution in [0, 0.1) is 0 Å². The first-order chi connectivity index (χ1) is 5.38. The van der Waals surface area contributed by atoms with Crippen molar-refractivity contribution >= 4 is 11.8 Å². The molecule has 1 unspecified atom stereocenters. The molecule has 1 heterocycles. The lowest BCUT2D eigenvalue weighted by Crippen LogP contribution is -2.42. The van der Waals surface area contributed by atoms with Crippen LogP contribution in [0.1, 0.15) is 13.3 Å². The molecule has 3 heteroatoms. The highest BCUT2D eigenvalue weighted by atomic mass is 32.2. The van der Waals surface area contributed by atoms with Crippen LogP contribution >= 0.6 is 11.8 Å². The van der Waals surface area contributed by atoms with Crippen molar-refractivity contribution in [2.24, 2.45) is 0 Å². The minimum atomic E-state index is 0.0706. The maximum Gasteiger partial charge on any atom is 0.0977 e. The summed E-state index contributed by atoms with van der Waals surface area (Å²) in [4.78, 5) is 2.34. The molecule has 65 valence electrons. The van der Waals surface area contributed by atoms with Crippen molar-refractivity contribution in [3.8, 4) is 0 Å². The van der Waals surface area contributed by atoms with Gasteiger partial charge in [-0.1, -0.05) is 6.92 Å². The van der Waals surface area contributed by atoms with E-state index in [1.54, 1.807) is 0 Å². The first-order valence-corrected chi connectivity index (χ1v) is 5.43. The van der Waals surface area contributed by atoms with Gasteiger partial charge in [-0.2, -0.15) is 11.8 Å². The Hall–Kier alpha value is 0.270. The molecule has 0 aliphatic carbocycles. The van der Waals surface area contributed by atoms with Gasteiger partial charge in [0.1, 0.15) is 0 Å². The number of thioether (sulfide) groups is 1. The van der Waals surface area contributed by atoms with Gasteiger partial charge in [0.05, 0.1) is 6.61 Å². The average molecular weight is 174 g/mol. The monoisotopic (exact) mass is 174 g/mol. The summed E-state index contributed by atoms with van der Waals surface area (Å²) in [6, 6.07) is 0.302. The van der Waals surface area contributed by atoms with Crippen LogP contribution in [-0.4, -0.2) is 42.1 Å². The first kappa shape index (κ1) is 9.36. The van der Waals surface area contributed by atoms with Crippen molar-refractivity contribution in [3.63, 3.8) is 0 Å². The average Bonchev–Trinajstić information content (AvgIpc) is 2.09. The molecule has 1 saturated heterocycles. The highest BCUT2D eigenvalue weighted by molar-refractivity contribution is 7.99. The van der Waals surface area contributed by atoms with Crippen molar-refractivity contribution in [1.82, 2.24) is 4.90 Å². The van der Waals surface area contributed by atoms with E-state index in [4.69, 9.17) is 0 Å². The van der Waals surface area contributed by atoms with E-state index in [-0.39, 0.29) is 6.61 Å². The van der Waals surface area contributed by atoms with Gasteiger partial charge in [0.2, 0.25) is 0 Å². The molecule has 0 spiro atoms. The van der Waals surface area contributed by atoms with Crippen LogP contribution in [0.5, 0.6) is 0 Å². The van der Waals surface area contributed by atoms with E-state index in [9.17, 15) is 5.11 Å². The number of rotatable bonds is 3. The van der Waals surface area contributed by atoms with Crippen molar-refractivity contribution in [2.45, 2.75) is 19.4 Å². The molecular formula is C8H16NOS. The lowest BCUT2D eigenvalue weighted by atomic mass is 10.2. The van der Waals surface area contributed by atoms with Gasteiger partial charge in [0.25, 0.3) is 0 Å². The minimum absolute atomic E-state index is 0.0706. The molecule has 0 aromatic carbocycles. The van der Waals surface area contributed by atoms with Crippen LogP contribution in [0.15, 0.2) is 0 Å². The smallest absolute Gasteiger partial charge is 0.0977 e. The number of hydrogen-bond donors (Lipinski definition) is 0. The maximum atomic E-state index is 10.7. The van der Waals surface area contributed by atoms with Crippen LogP contribution in [-0.2, 0) is 5.11 Å². The maximum absolute atomic E-state index is 10.7. The minimum Gasteiger partial charge on any atom is -0.296 e. The highest BCUT2D eigenvalue weighted by Gasteiger charge is 2.18. The normalized spacial score (nSPS) is 23.5. The van der Waals surface area contributed by atoms with Gasteiger partial charge in [-0.25, -0.2) is 5.11 Å². The van der Waals surface area contributed by atoms with Crippen LogP contribution in [0.2, 0.25) is 0 Å². The van der Waals surface area contributed by atoms with Crippen LogP contribution in [0.3, 0.4) is 0 Å². The van der Waals surface area contributed by atoms with Gasteiger partial charge in [0, 0.05) is 30.6 Å². The summed E-state index contributed by atoms with van der Waals surface area (Å²) >= 11 is 1.99. The highest BCUT2D eigenvalue weighted by Crippen LogP contribution is 2.13. The fourth-order valence-electron chi connectivity index (χ4n) is 1.42. The SMILES string of the molecule is CCC(C[O])N1CCSCC1. The van der Waals surface area contributed by atoms with Gasteiger partial charge in [-0.15, -0.1) is 0 Å². The molecule has 2 nitrogen and oxygen atoms in total. The Labute approximate surface area is 73.0 Å². The molecule has 0 aromatic heterocycles. The lowest BCUT2D eigenvalue weighted by Gasteiger charge is -2.31. The fourth-order valence-corrected chi connectivity index (χ4v) is 2.36. The Morgan fingerprint density at radius 1 is 1.45 bits per heavy atom. The molecule has 0 amide bonds. The van der Waals surface area contributed by atoms with Crippen LogP contribution < -0.4 is 0 Å². The van der Waals surface area contributed by atoms with Gasteiger partial charge >= 0.3 is 0 Å². The summed E-state index contributed by atoms with van der Waals surface area (Å²) in [6.45, 7) is 4.41. The van der Waals surface area contributed by atoms with Crippen molar-refractivity contribution in [1.29, 1.82) is 0 Å². The third kappa shape index (κ3) is 2.65. The molecule has 1 fully saturated rings. The van der Waals surface area contributed by atoms with E-state index in [2.05, 4.69) is 11.8 Å². The van der Waals surface area contributed by atoms with Gasteiger partial charge < -0.3 is 0 Å². The molecule has 0 aromatic rings. The van der Waals surface area contributed by atoms with Crippen molar-refractivity contribution in [2.75, 3.05) is 31.2 Å². The number of nitrogens with zero attached hydrogens (tertiary/aromatic N) is 1. The fraction of sp³-hybridized carbons (Fsp3) is 1.00. The quantitative estimate of drug-likeness (QED) is 0.642. The van der Waals surface area contributed by atoms with E-state index in [0.717, 1.165) is 19.5 Å². The molecule has 1 rings (SSSR count). The van der Waals surface area contributed by atoms with E-state index in [1.807, 2.05) is 11.8 Å². The summed E-state index contributed by atoms with van der Waals surface area (Å²) in [6.07, 6.45) is 1.01. The number of hydrogen-bond acceptors (Lipinski definition) is 2. The zero-order chi connectivity index (χ0) is 8.10. The molecule has 0 N–H and O–H groups in total. The Morgan fingerprint density at radius 3 is 2.55 bits per heavy atom. The molecule has 1 radical (unpaired) electrons. The van der Waals surface area contributed by atoms with E-state index < -0.39 is 0 Å². The molecule has 11 heavy (non-hydrogen) atoms. The van der Waals surface area contributed by atoms with Gasteiger partial charge in [-0.3, -0.25) is 4.90 Å². The third-order valence-electron chi connectivity index (χ3n) is 2.23. The zero-order valence-corrected chi connectivity index (χ0v) is 7.90.